The third kappa shape index (κ3) is 4.30. The first-order valence-electron chi connectivity index (χ1n) is 6.03. The minimum atomic E-state index is -4.25. The zero-order chi connectivity index (χ0) is 13.8. The summed E-state index contributed by atoms with van der Waals surface area (Å²) in [4.78, 5) is 0. The molecule has 102 valence electrons. The summed E-state index contributed by atoms with van der Waals surface area (Å²) in [6.45, 7) is 4.27. The maximum absolute atomic E-state index is 12.4. The van der Waals surface area contributed by atoms with Crippen LogP contribution in [0.1, 0.15) is 37.8 Å². The number of alkyl halides is 4. The molecule has 18 heavy (non-hydrogen) atoms. The van der Waals surface area contributed by atoms with Gasteiger partial charge in [0.1, 0.15) is 0 Å². The van der Waals surface area contributed by atoms with Gasteiger partial charge in [-0.15, -0.1) is 0 Å². The fraction of sp³-hybridized carbons (Fsp3) is 0.571. The van der Waals surface area contributed by atoms with Gasteiger partial charge in [-0.3, -0.25) is 0 Å². The SMILES string of the molecule is CCCC(C)(CBr)Cc1ccc(C(F)(F)F)cc1. The Hall–Kier alpha value is -0.510. The van der Waals surface area contributed by atoms with E-state index in [0.29, 0.717) is 0 Å². The molecule has 0 heterocycles. The fourth-order valence-corrected chi connectivity index (χ4v) is 2.59. The first-order valence-corrected chi connectivity index (χ1v) is 7.15. The Kier molecular flexibility index (Phi) is 5.26. The predicted octanol–water partition coefficient (Wildman–Crippen LogP) is 5.45. The van der Waals surface area contributed by atoms with Crippen molar-refractivity contribution in [3.63, 3.8) is 0 Å². The molecule has 1 rings (SSSR count). The topological polar surface area (TPSA) is 0 Å². The molecular formula is C14H18BrF3. The van der Waals surface area contributed by atoms with Gasteiger partial charge in [0, 0.05) is 5.33 Å². The highest BCUT2D eigenvalue weighted by Gasteiger charge is 2.30. The molecule has 0 aliphatic carbocycles. The van der Waals surface area contributed by atoms with Crippen LogP contribution in [0.4, 0.5) is 13.2 Å². The zero-order valence-electron chi connectivity index (χ0n) is 10.6. The molecule has 0 spiro atoms. The third-order valence-electron chi connectivity index (χ3n) is 3.09. The van der Waals surface area contributed by atoms with Crippen molar-refractivity contribution in [1.29, 1.82) is 0 Å². The summed E-state index contributed by atoms with van der Waals surface area (Å²) in [6, 6.07) is 5.49. The van der Waals surface area contributed by atoms with Gasteiger partial charge < -0.3 is 0 Å². The van der Waals surface area contributed by atoms with Gasteiger partial charge in [0.25, 0.3) is 0 Å². The Labute approximate surface area is 115 Å². The van der Waals surface area contributed by atoms with Crippen LogP contribution in [0.5, 0.6) is 0 Å². The molecule has 0 radical (unpaired) electrons. The van der Waals surface area contributed by atoms with Crippen molar-refractivity contribution in [2.45, 2.75) is 39.3 Å². The van der Waals surface area contributed by atoms with Crippen LogP contribution < -0.4 is 0 Å². The van der Waals surface area contributed by atoms with Crippen molar-refractivity contribution in [3.8, 4) is 0 Å². The summed E-state index contributed by atoms with van der Waals surface area (Å²) in [5, 5.41) is 0.856. The summed E-state index contributed by atoms with van der Waals surface area (Å²) >= 11 is 3.50. The highest BCUT2D eigenvalue weighted by atomic mass is 79.9. The molecule has 0 bridgehead atoms. The smallest absolute Gasteiger partial charge is 0.166 e. The maximum Gasteiger partial charge on any atom is 0.416 e. The second-order valence-corrected chi connectivity index (χ2v) is 5.63. The highest BCUT2D eigenvalue weighted by Crippen LogP contribution is 2.32. The van der Waals surface area contributed by atoms with E-state index in [2.05, 4.69) is 29.8 Å². The minimum Gasteiger partial charge on any atom is -0.166 e. The Bertz CT molecular complexity index is 370. The van der Waals surface area contributed by atoms with Gasteiger partial charge in [0.2, 0.25) is 0 Å². The second kappa shape index (κ2) is 6.09. The van der Waals surface area contributed by atoms with E-state index in [1.54, 1.807) is 12.1 Å². The molecule has 0 N–H and O–H groups in total. The molecule has 0 amide bonds. The Morgan fingerprint density at radius 2 is 1.67 bits per heavy atom. The molecule has 0 saturated carbocycles. The molecule has 1 unspecified atom stereocenters. The molecule has 0 saturated heterocycles. The molecule has 1 atom stereocenters. The Balaban J connectivity index is 2.80. The molecule has 4 heteroatoms. The summed E-state index contributed by atoms with van der Waals surface area (Å²) in [7, 11) is 0. The summed E-state index contributed by atoms with van der Waals surface area (Å²) < 4.78 is 37.3. The van der Waals surface area contributed by atoms with Gasteiger partial charge in [0.05, 0.1) is 5.56 Å². The lowest BCUT2D eigenvalue weighted by Crippen LogP contribution is -2.21. The quantitative estimate of drug-likeness (QED) is 0.632. The van der Waals surface area contributed by atoms with Crippen LogP contribution in [-0.4, -0.2) is 5.33 Å². The van der Waals surface area contributed by atoms with Crippen molar-refractivity contribution in [2.24, 2.45) is 5.41 Å². The number of rotatable bonds is 5. The number of hydrogen-bond donors (Lipinski definition) is 0. The second-order valence-electron chi connectivity index (χ2n) is 5.07. The molecule has 1 aromatic rings. The largest absolute Gasteiger partial charge is 0.416 e. The molecule has 0 aliphatic heterocycles. The Morgan fingerprint density at radius 3 is 2.06 bits per heavy atom. The van der Waals surface area contributed by atoms with E-state index in [9.17, 15) is 13.2 Å². The maximum atomic E-state index is 12.4. The van der Waals surface area contributed by atoms with Crippen molar-refractivity contribution in [3.05, 3.63) is 35.4 Å². The predicted molar refractivity (Wildman–Crippen MR) is 72.0 cm³/mol. The Morgan fingerprint density at radius 1 is 1.11 bits per heavy atom. The van der Waals surface area contributed by atoms with Gasteiger partial charge >= 0.3 is 6.18 Å². The molecular weight excluding hydrogens is 305 g/mol. The molecule has 0 fully saturated rings. The highest BCUT2D eigenvalue weighted by molar-refractivity contribution is 9.09. The van der Waals surface area contributed by atoms with Crippen LogP contribution >= 0.6 is 15.9 Å². The van der Waals surface area contributed by atoms with E-state index in [4.69, 9.17) is 0 Å². The van der Waals surface area contributed by atoms with E-state index in [1.165, 1.54) is 0 Å². The third-order valence-corrected chi connectivity index (χ3v) is 4.44. The van der Waals surface area contributed by atoms with Crippen molar-refractivity contribution in [2.75, 3.05) is 5.33 Å². The molecule has 0 aromatic heterocycles. The van der Waals surface area contributed by atoms with Crippen LogP contribution in [0.2, 0.25) is 0 Å². The standard InChI is InChI=1S/C14H18BrF3/c1-3-8-13(2,10-15)9-11-4-6-12(7-5-11)14(16,17)18/h4-7H,3,8-10H2,1-2H3. The van der Waals surface area contributed by atoms with Gasteiger partial charge in [-0.1, -0.05) is 48.3 Å². The van der Waals surface area contributed by atoms with Crippen molar-refractivity contribution >= 4 is 15.9 Å². The first kappa shape index (κ1) is 15.5. The van der Waals surface area contributed by atoms with Crippen LogP contribution in [0.15, 0.2) is 24.3 Å². The van der Waals surface area contributed by atoms with Gasteiger partial charge in [0.15, 0.2) is 0 Å². The first-order chi connectivity index (χ1) is 8.30. The van der Waals surface area contributed by atoms with Crippen LogP contribution in [-0.2, 0) is 12.6 Å². The van der Waals surface area contributed by atoms with Gasteiger partial charge in [-0.25, -0.2) is 0 Å². The molecule has 1 aromatic carbocycles. The average Bonchev–Trinajstić information content (AvgIpc) is 2.29. The lowest BCUT2D eigenvalue weighted by atomic mass is 9.81. The van der Waals surface area contributed by atoms with E-state index < -0.39 is 11.7 Å². The van der Waals surface area contributed by atoms with Crippen molar-refractivity contribution in [1.82, 2.24) is 0 Å². The zero-order valence-corrected chi connectivity index (χ0v) is 12.2. The van der Waals surface area contributed by atoms with Gasteiger partial charge in [-0.2, -0.15) is 13.2 Å². The molecule has 0 aliphatic rings. The average molecular weight is 323 g/mol. The van der Waals surface area contributed by atoms with E-state index in [-0.39, 0.29) is 5.41 Å². The lowest BCUT2D eigenvalue weighted by Gasteiger charge is -2.27. The van der Waals surface area contributed by atoms with Crippen LogP contribution in [0.25, 0.3) is 0 Å². The monoisotopic (exact) mass is 322 g/mol. The van der Waals surface area contributed by atoms with Crippen LogP contribution in [0, 0.1) is 5.41 Å². The molecule has 0 nitrogen and oxygen atoms in total. The normalized spacial score (nSPS) is 15.4. The lowest BCUT2D eigenvalue weighted by molar-refractivity contribution is -0.137. The van der Waals surface area contributed by atoms with E-state index in [1.807, 2.05) is 0 Å². The van der Waals surface area contributed by atoms with Crippen molar-refractivity contribution < 1.29 is 13.2 Å². The van der Waals surface area contributed by atoms with Crippen LogP contribution in [0.3, 0.4) is 0 Å². The van der Waals surface area contributed by atoms with E-state index in [0.717, 1.165) is 42.3 Å². The summed E-state index contributed by atoms with van der Waals surface area (Å²) in [5.74, 6) is 0. The van der Waals surface area contributed by atoms with E-state index >= 15 is 0 Å². The number of hydrogen-bond acceptors (Lipinski definition) is 0. The number of halogens is 4. The summed E-state index contributed by atoms with van der Waals surface area (Å²) in [5.41, 5.74) is 0.481. The minimum absolute atomic E-state index is 0.106. The fourth-order valence-electron chi connectivity index (χ4n) is 2.11. The summed E-state index contributed by atoms with van der Waals surface area (Å²) in [6.07, 6.45) is -1.33. The number of benzene rings is 1. The van der Waals surface area contributed by atoms with Gasteiger partial charge in [-0.05, 0) is 36.0 Å².